The second kappa shape index (κ2) is 10.8. The molecule has 3 amide bonds. The van der Waals surface area contributed by atoms with Gasteiger partial charge in [0.05, 0.1) is 12.5 Å². The van der Waals surface area contributed by atoms with Crippen molar-refractivity contribution in [3.05, 3.63) is 90.0 Å². The third kappa shape index (κ3) is 5.21. The van der Waals surface area contributed by atoms with Gasteiger partial charge in [0.25, 0.3) is 0 Å². The highest BCUT2D eigenvalue weighted by molar-refractivity contribution is 6.02. The molecule has 202 valence electrons. The number of esters is 1. The van der Waals surface area contributed by atoms with Crippen LogP contribution < -0.4 is 9.80 Å². The third-order valence-corrected chi connectivity index (χ3v) is 7.64. The fourth-order valence-corrected chi connectivity index (χ4v) is 5.49. The Hall–Kier alpha value is -4.27. The van der Waals surface area contributed by atoms with Gasteiger partial charge in [-0.1, -0.05) is 18.2 Å². The van der Waals surface area contributed by atoms with Crippen LogP contribution in [0, 0.1) is 17.0 Å². The van der Waals surface area contributed by atoms with Crippen LogP contribution in [0.5, 0.6) is 0 Å². The second-order valence-corrected chi connectivity index (χ2v) is 9.93. The lowest BCUT2D eigenvalue weighted by Crippen LogP contribution is -2.52. The van der Waals surface area contributed by atoms with Crippen LogP contribution in [0.2, 0.25) is 0 Å². The molecule has 1 saturated heterocycles. The molecule has 2 heterocycles. The van der Waals surface area contributed by atoms with Gasteiger partial charge in [-0.15, -0.1) is 0 Å². The van der Waals surface area contributed by atoms with Gasteiger partial charge >= 0.3 is 12.0 Å². The van der Waals surface area contributed by atoms with Crippen LogP contribution in [0.25, 0.3) is 0 Å². The first-order valence-corrected chi connectivity index (χ1v) is 12.9. The predicted molar refractivity (Wildman–Crippen MR) is 143 cm³/mol. The van der Waals surface area contributed by atoms with E-state index in [0.717, 1.165) is 17.7 Å². The van der Waals surface area contributed by atoms with Gasteiger partial charge in [-0.05, 0) is 79.4 Å². The van der Waals surface area contributed by atoms with Crippen molar-refractivity contribution in [3.63, 3.8) is 0 Å². The molecule has 0 bridgehead atoms. The summed E-state index contributed by atoms with van der Waals surface area (Å²) in [5.41, 5.74) is 1.64. The van der Waals surface area contributed by atoms with Crippen molar-refractivity contribution in [2.24, 2.45) is 5.41 Å². The van der Waals surface area contributed by atoms with Gasteiger partial charge in [0.15, 0.2) is 0 Å². The Labute approximate surface area is 225 Å². The van der Waals surface area contributed by atoms with E-state index in [9.17, 15) is 23.2 Å². The molecule has 0 radical (unpaired) electrons. The van der Waals surface area contributed by atoms with E-state index >= 15 is 0 Å². The summed E-state index contributed by atoms with van der Waals surface area (Å²) in [4.78, 5) is 45.1. The van der Waals surface area contributed by atoms with Crippen LogP contribution in [0.3, 0.4) is 0 Å². The number of hydrogen-bond acceptors (Lipinski definition) is 4. The van der Waals surface area contributed by atoms with E-state index in [1.165, 1.54) is 60.5 Å². The number of piperidine rings is 1. The zero-order chi connectivity index (χ0) is 27.6. The Morgan fingerprint density at radius 3 is 1.97 bits per heavy atom. The number of urea groups is 1. The maximum absolute atomic E-state index is 13.8. The van der Waals surface area contributed by atoms with Crippen molar-refractivity contribution in [2.45, 2.75) is 25.7 Å². The molecule has 0 atom stereocenters. The zero-order valence-corrected chi connectivity index (χ0v) is 21.6. The van der Waals surface area contributed by atoms with E-state index in [2.05, 4.69) is 0 Å². The number of carbonyl (C=O) groups excluding carboxylic acids is 3. The first-order valence-electron chi connectivity index (χ1n) is 12.9. The molecule has 0 aromatic heterocycles. The summed E-state index contributed by atoms with van der Waals surface area (Å²) < 4.78 is 32.4. The van der Waals surface area contributed by atoms with Crippen molar-refractivity contribution < 1.29 is 27.9 Å². The second-order valence-electron chi connectivity index (χ2n) is 9.93. The maximum atomic E-state index is 13.8. The smallest absolute Gasteiger partial charge is 0.324 e. The van der Waals surface area contributed by atoms with Crippen molar-refractivity contribution in [1.82, 2.24) is 4.90 Å². The molecule has 0 N–H and O–H groups in total. The lowest BCUT2D eigenvalue weighted by molar-refractivity contribution is -0.157. The number of likely N-dealkylation sites (tertiary alicyclic amines) is 1. The molecule has 0 aliphatic carbocycles. The van der Waals surface area contributed by atoms with Crippen molar-refractivity contribution in [3.8, 4) is 0 Å². The largest absolute Gasteiger partial charge is 0.469 e. The standard InChI is InChI=1S/C30H29F2N3O4/c1-39-28(37)30(15-18-33(19-16-30)29(38)34-17-14-21-4-2-3-5-26(21)34)20-27(36)35(24-10-6-22(31)7-11-24)25-12-8-23(32)9-13-25/h2-13H,14-20H2,1H3. The summed E-state index contributed by atoms with van der Waals surface area (Å²) in [6.07, 6.45) is 1.09. The molecule has 3 aromatic carbocycles. The molecule has 0 unspecified atom stereocenters. The quantitative estimate of drug-likeness (QED) is 0.409. The number of nitrogens with zero attached hydrogens (tertiary/aromatic N) is 3. The molecular weight excluding hydrogens is 504 g/mol. The van der Waals surface area contributed by atoms with Gasteiger partial charge in [-0.2, -0.15) is 0 Å². The minimum Gasteiger partial charge on any atom is -0.469 e. The minimum atomic E-state index is -1.15. The summed E-state index contributed by atoms with van der Waals surface area (Å²) in [6, 6.07) is 18.4. The van der Waals surface area contributed by atoms with Crippen LogP contribution in [0.4, 0.5) is 30.6 Å². The van der Waals surface area contributed by atoms with Gasteiger partial charge in [0.2, 0.25) is 5.91 Å². The normalized spacial score (nSPS) is 16.0. The molecule has 2 aliphatic rings. The molecule has 7 nitrogen and oxygen atoms in total. The number of methoxy groups -OCH3 is 1. The SMILES string of the molecule is COC(=O)C1(CC(=O)N(c2ccc(F)cc2)c2ccc(F)cc2)CCN(C(=O)N2CCc3ccccc32)CC1. The average molecular weight is 534 g/mol. The fourth-order valence-electron chi connectivity index (χ4n) is 5.49. The lowest BCUT2D eigenvalue weighted by atomic mass is 9.75. The molecule has 2 aliphatic heterocycles. The summed E-state index contributed by atoms with van der Waals surface area (Å²) in [6.45, 7) is 1.17. The van der Waals surface area contributed by atoms with Crippen molar-refractivity contribution in [1.29, 1.82) is 0 Å². The van der Waals surface area contributed by atoms with E-state index in [0.29, 0.717) is 17.9 Å². The van der Waals surface area contributed by atoms with Crippen LogP contribution in [0.1, 0.15) is 24.8 Å². The summed E-state index contributed by atoms with van der Waals surface area (Å²) in [5, 5.41) is 0. The van der Waals surface area contributed by atoms with E-state index in [-0.39, 0.29) is 38.4 Å². The minimum absolute atomic E-state index is 0.121. The Balaban J connectivity index is 1.36. The van der Waals surface area contributed by atoms with Crippen molar-refractivity contribution in [2.75, 3.05) is 36.5 Å². The summed E-state index contributed by atoms with van der Waals surface area (Å²) >= 11 is 0. The number of amides is 3. The monoisotopic (exact) mass is 533 g/mol. The van der Waals surface area contributed by atoms with Crippen LogP contribution >= 0.6 is 0 Å². The molecule has 5 rings (SSSR count). The molecular formula is C30H29F2N3O4. The summed E-state index contributed by atoms with van der Waals surface area (Å²) in [5.74, 6) is -1.87. The number of benzene rings is 3. The molecule has 9 heteroatoms. The Bertz CT molecular complexity index is 1320. The lowest BCUT2D eigenvalue weighted by Gasteiger charge is -2.41. The third-order valence-electron chi connectivity index (χ3n) is 7.64. The van der Waals surface area contributed by atoms with Gasteiger partial charge < -0.3 is 9.64 Å². The first-order chi connectivity index (χ1) is 18.8. The van der Waals surface area contributed by atoms with E-state index in [1.807, 2.05) is 24.3 Å². The molecule has 3 aromatic rings. The molecule has 0 saturated carbocycles. The Kier molecular flexibility index (Phi) is 7.32. The zero-order valence-electron chi connectivity index (χ0n) is 21.6. The van der Waals surface area contributed by atoms with E-state index in [1.54, 1.807) is 9.80 Å². The summed E-state index contributed by atoms with van der Waals surface area (Å²) in [7, 11) is 1.28. The van der Waals surface area contributed by atoms with Gasteiger partial charge in [0.1, 0.15) is 11.6 Å². The number of anilines is 3. The first kappa shape index (κ1) is 26.3. The van der Waals surface area contributed by atoms with Gasteiger partial charge in [-0.25, -0.2) is 13.6 Å². The van der Waals surface area contributed by atoms with E-state index < -0.39 is 28.9 Å². The molecule has 1 fully saturated rings. The number of para-hydroxylation sites is 1. The topological polar surface area (TPSA) is 70.2 Å². The number of ether oxygens (including phenoxy) is 1. The average Bonchev–Trinajstić information content (AvgIpc) is 3.39. The maximum Gasteiger partial charge on any atom is 0.324 e. The van der Waals surface area contributed by atoms with Gasteiger partial charge in [-0.3, -0.25) is 19.4 Å². The predicted octanol–water partition coefficient (Wildman–Crippen LogP) is 5.46. The Morgan fingerprint density at radius 1 is 0.846 bits per heavy atom. The number of fused-ring (bicyclic) bond motifs is 1. The van der Waals surface area contributed by atoms with Crippen LogP contribution in [-0.2, 0) is 20.7 Å². The highest BCUT2D eigenvalue weighted by atomic mass is 19.1. The fraction of sp³-hybridized carbons (Fsp3) is 0.300. The molecule has 0 spiro atoms. The van der Waals surface area contributed by atoms with Crippen LogP contribution in [0.15, 0.2) is 72.8 Å². The number of carbonyl (C=O) groups is 3. The van der Waals surface area contributed by atoms with E-state index in [4.69, 9.17) is 4.74 Å². The van der Waals surface area contributed by atoms with Gasteiger partial charge in [0, 0.05) is 43.1 Å². The van der Waals surface area contributed by atoms with Crippen LogP contribution in [-0.4, -0.2) is 49.6 Å². The number of rotatable bonds is 5. The van der Waals surface area contributed by atoms with Crippen molar-refractivity contribution >= 4 is 35.0 Å². The highest BCUT2D eigenvalue weighted by Crippen LogP contribution is 2.40. The number of halogens is 2. The number of hydrogen-bond donors (Lipinski definition) is 0. The highest BCUT2D eigenvalue weighted by Gasteiger charge is 2.46. The molecule has 39 heavy (non-hydrogen) atoms. The Morgan fingerprint density at radius 2 is 1.41 bits per heavy atom.